The second-order valence-electron chi connectivity index (χ2n) is 4.13. The Hall–Kier alpha value is -2.28. The van der Waals surface area contributed by atoms with E-state index in [0.29, 0.717) is 22.5 Å². The average molecular weight is 281 g/mol. The summed E-state index contributed by atoms with van der Waals surface area (Å²) in [6.07, 6.45) is 1.20. The number of nitrogens with zero attached hydrogens (tertiary/aromatic N) is 2. The fraction of sp³-hybridized carbons (Fsp3) is 0.231. The molecule has 0 atom stereocenters. The Morgan fingerprint density at radius 2 is 2.05 bits per heavy atom. The van der Waals surface area contributed by atoms with Crippen LogP contribution < -0.4 is 5.32 Å². The molecule has 0 saturated heterocycles. The van der Waals surface area contributed by atoms with Crippen molar-refractivity contribution in [1.29, 1.82) is 0 Å². The monoisotopic (exact) mass is 281 g/mol. The molecule has 0 radical (unpaired) electrons. The standard InChI is InChI=1S/C13H13F2N3O2/c14-13(15)18-6-5-10(17-18)8-16-7-9-3-1-2-4-11(9)12(19)20/h1-6,13,16H,7-8H2,(H,19,20). The van der Waals surface area contributed by atoms with Gasteiger partial charge < -0.3 is 10.4 Å². The fourth-order valence-electron chi connectivity index (χ4n) is 1.79. The van der Waals surface area contributed by atoms with Gasteiger partial charge in [-0.15, -0.1) is 0 Å². The van der Waals surface area contributed by atoms with Gasteiger partial charge in [-0.05, 0) is 17.7 Å². The van der Waals surface area contributed by atoms with Gasteiger partial charge >= 0.3 is 12.5 Å². The molecule has 0 fully saturated rings. The Morgan fingerprint density at radius 1 is 1.30 bits per heavy atom. The molecule has 0 amide bonds. The zero-order valence-electron chi connectivity index (χ0n) is 10.5. The van der Waals surface area contributed by atoms with Gasteiger partial charge in [0.05, 0.1) is 11.3 Å². The van der Waals surface area contributed by atoms with Crippen LogP contribution in [0.25, 0.3) is 0 Å². The van der Waals surface area contributed by atoms with Crippen LogP contribution in [-0.2, 0) is 13.1 Å². The van der Waals surface area contributed by atoms with E-state index >= 15 is 0 Å². The molecule has 7 heteroatoms. The zero-order chi connectivity index (χ0) is 14.5. The van der Waals surface area contributed by atoms with Crippen LogP contribution in [0.3, 0.4) is 0 Å². The van der Waals surface area contributed by atoms with Gasteiger partial charge in [0.15, 0.2) is 0 Å². The molecule has 20 heavy (non-hydrogen) atoms. The molecule has 0 saturated carbocycles. The molecule has 5 nitrogen and oxygen atoms in total. The first kappa shape index (κ1) is 14.1. The number of rotatable bonds is 6. The van der Waals surface area contributed by atoms with Gasteiger partial charge in [-0.3, -0.25) is 0 Å². The number of hydrogen-bond donors (Lipinski definition) is 2. The number of nitrogens with one attached hydrogen (secondary N) is 1. The Bertz CT molecular complexity index is 599. The molecule has 0 aliphatic carbocycles. The topological polar surface area (TPSA) is 67.2 Å². The van der Waals surface area contributed by atoms with E-state index in [4.69, 9.17) is 5.11 Å². The summed E-state index contributed by atoms with van der Waals surface area (Å²) >= 11 is 0. The van der Waals surface area contributed by atoms with Gasteiger partial charge in [0.2, 0.25) is 0 Å². The van der Waals surface area contributed by atoms with Gasteiger partial charge in [-0.1, -0.05) is 18.2 Å². The number of carbonyl (C=O) groups is 1. The SMILES string of the molecule is O=C(O)c1ccccc1CNCc1ccn(C(F)F)n1. The summed E-state index contributed by atoms with van der Waals surface area (Å²) in [6, 6.07) is 8.10. The second kappa shape index (κ2) is 6.25. The maximum Gasteiger partial charge on any atom is 0.336 e. The molecule has 106 valence electrons. The maximum atomic E-state index is 12.3. The first-order valence-electron chi connectivity index (χ1n) is 5.92. The number of halogens is 2. The number of carboxylic acid groups (broad SMARTS) is 1. The van der Waals surface area contributed by atoms with Gasteiger partial charge in [0.25, 0.3) is 0 Å². The lowest BCUT2D eigenvalue weighted by atomic mass is 10.1. The molecule has 0 aliphatic heterocycles. The van der Waals surface area contributed by atoms with Crippen molar-refractivity contribution < 1.29 is 18.7 Å². The van der Waals surface area contributed by atoms with E-state index in [1.165, 1.54) is 18.3 Å². The molecule has 0 unspecified atom stereocenters. The van der Waals surface area contributed by atoms with Crippen LogP contribution >= 0.6 is 0 Å². The number of alkyl halides is 2. The van der Waals surface area contributed by atoms with Gasteiger partial charge in [-0.2, -0.15) is 13.9 Å². The highest BCUT2D eigenvalue weighted by molar-refractivity contribution is 5.89. The predicted octanol–water partition coefficient (Wildman–Crippen LogP) is 2.27. The fourth-order valence-corrected chi connectivity index (χ4v) is 1.79. The molecule has 2 aromatic rings. The largest absolute Gasteiger partial charge is 0.478 e. The van der Waals surface area contributed by atoms with Gasteiger partial charge in [0.1, 0.15) is 0 Å². The van der Waals surface area contributed by atoms with Crippen molar-refractivity contribution in [3.63, 3.8) is 0 Å². The lowest BCUT2D eigenvalue weighted by molar-refractivity contribution is 0.0561. The van der Waals surface area contributed by atoms with E-state index in [-0.39, 0.29) is 12.1 Å². The van der Waals surface area contributed by atoms with Crippen LogP contribution in [0.2, 0.25) is 0 Å². The molecule has 0 bridgehead atoms. The van der Waals surface area contributed by atoms with Gasteiger partial charge in [-0.25, -0.2) is 9.48 Å². The smallest absolute Gasteiger partial charge is 0.336 e. The summed E-state index contributed by atoms with van der Waals surface area (Å²) in [5.41, 5.74) is 1.32. The summed E-state index contributed by atoms with van der Waals surface area (Å²) in [5.74, 6) is -0.996. The lowest BCUT2D eigenvalue weighted by Crippen LogP contribution is -2.16. The third kappa shape index (κ3) is 3.39. The molecule has 1 aromatic heterocycles. The quantitative estimate of drug-likeness (QED) is 0.852. The van der Waals surface area contributed by atoms with E-state index < -0.39 is 12.5 Å². The van der Waals surface area contributed by atoms with E-state index in [2.05, 4.69) is 10.4 Å². The number of carboxylic acids is 1. The number of aromatic nitrogens is 2. The van der Waals surface area contributed by atoms with Crippen LogP contribution in [0.1, 0.15) is 28.2 Å². The predicted molar refractivity (Wildman–Crippen MR) is 67.4 cm³/mol. The van der Waals surface area contributed by atoms with Crippen molar-refractivity contribution in [2.24, 2.45) is 0 Å². The molecule has 2 rings (SSSR count). The highest BCUT2D eigenvalue weighted by Gasteiger charge is 2.09. The summed E-state index contributed by atoms with van der Waals surface area (Å²) in [5, 5.41) is 15.7. The number of aromatic carboxylic acids is 1. The summed E-state index contributed by atoms with van der Waals surface area (Å²) in [4.78, 5) is 11.0. The number of benzene rings is 1. The second-order valence-corrected chi connectivity index (χ2v) is 4.13. The molecule has 0 aliphatic rings. The zero-order valence-corrected chi connectivity index (χ0v) is 10.5. The van der Waals surface area contributed by atoms with Crippen molar-refractivity contribution in [3.8, 4) is 0 Å². The van der Waals surface area contributed by atoms with Crippen LogP contribution in [0.5, 0.6) is 0 Å². The highest BCUT2D eigenvalue weighted by Crippen LogP contribution is 2.10. The normalized spacial score (nSPS) is 10.9. The molecule has 1 aromatic carbocycles. The van der Waals surface area contributed by atoms with Crippen LogP contribution in [0, 0.1) is 0 Å². The molecular weight excluding hydrogens is 268 g/mol. The van der Waals surface area contributed by atoms with Crippen molar-refractivity contribution >= 4 is 5.97 Å². The summed E-state index contributed by atoms with van der Waals surface area (Å²) in [6.45, 7) is -2.05. The van der Waals surface area contributed by atoms with Crippen LogP contribution in [0.15, 0.2) is 36.5 Å². The minimum atomic E-state index is -2.66. The van der Waals surface area contributed by atoms with Gasteiger partial charge in [0, 0.05) is 19.3 Å². The summed E-state index contributed by atoms with van der Waals surface area (Å²) in [7, 11) is 0. The first-order chi connectivity index (χ1) is 9.58. The Kier molecular flexibility index (Phi) is 4.41. The minimum absolute atomic E-state index is 0.220. The van der Waals surface area contributed by atoms with E-state index in [1.807, 2.05) is 0 Å². The van der Waals surface area contributed by atoms with Crippen molar-refractivity contribution in [1.82, 2.24) is 15.1 Å². The molecule has 1 heterocycles. The van der Waals surface area contributed by atoms with Crippen molar-refractivity contribution in [3.05, 3.63) is 53.3 Å². The average Bonchev–Trinajstić information content (AvgIpc) is 2.88. The first-order valence-corrected chi connectivity index (χ1v) is 5.92. The van der Waals surface area contributed by atoms with Crippen LogP contribution in [0.4, 0.5) is 8.78 Å². The third-order valence-electron chi connectivity index (χ3n) is 2.73. The minimum Gasteiger partial charge on any atom is -0.478 e. The van der Waals surface area contributed by atoms with Crippen molar-refractivity contribution in [2.45, 2.75) is 19.6 Å². The number of hydrogen-bond acceptors (Lipinski definition) is 3. The lowest BCUT2D eigenvalue weighted by Gasteiger charge is -2.06. The van der Waals surface area contributed by atoms with E-state index in [9.17, 15) is 13.6 Å². The third-order valence-corrected chi connectivity index (χ3v) is 2.73. The molecular formula is C13H13F2N3O2. The molecule has 0 spiro atoms. The Labute approximate surface area is 113 Å². The highest BCUT2D eigenvalue weighted by atomic mass is 19.3. The van der Waals surface area contributed by atoms with E-state index in [1.54, 1.807) is 18.2 Å². The van der Waals surface area contributed by atoms with Crippen LogP contribution in [-0.4, -0.2) is 20.9 Å². The Balaban J connectivity index is 1.94. The maximum absolute atomic E-state index is 12.3. The Morgan fingerprint density at radius 3 is 2.70 bits per heavy atom. The van der Waals surface area contributed by atoms with Crippen molar-refractivity contribution in [2.75, 3.05) is 0 Å². The van der Waals surface area contributed by atoms with E-state index in [0.717, 1.165) is 0 Å². The molecule has 2 N–H and O–H groups in total. The summed E-state index contributed by atoms with van der Waals surface area (Å²) < 4.78 is 25.2.